The molecule has 0 radical (unpaired) electrons. The monoisotopic (exact) mass is 430 g/mol. The van der Waals surface area contributed by atoms with Crippen molar-refractivity contribution in [3.8, 4) is 0 Å². The number of halogens is 2. The molecular formula is C17H24Br2N2O. The molecule has 1 aliphatic rings. The number of aryl methyl sites for hydroxylation is 1. The van der Waals surface area contributed by atoms with E-state index in [9.17, 15) is 4.79 Å². The zero-order chi connectivity index (χ0) is 16.1. The van der Waals surface area contributed by atoms with Crippen molar-refractivity contribution in [1.82, 2.24) is 4.90 Å². The quantitative estimate of drug-likeness (QED) is 0.702. The maximum absolute atomic E-state index is 12.4. The molecular weight excluding hydrogens is 408 g/mol. The number of rotatable bonds is 5. The first kappa shape index (κ1) is 18.0. The standard InChI is InChI=1S/C17H24Br2N2O/c1-3-21(13-7-5-4-6-8-13)11-16(22)20-17-14(18)9-12(2)10-15(17)19/h9-10,13H,3-8,11H2,1-2H3,(H,20,22). The lowest BCUT2D eigenvalue weighted by Crippen LogP contribution is -2.41. The SMILES string of the molecule is CCN(CC(=O)Nc1c(Br)cc(C)cc1Br)C1CCCCC1. The first-order valence-electron chi connectivity index (χ1n) is 8.00. The van der Waals surface area contributed by atoms with Gasteiger partial charge in [0, 0.05) is 15.0 Å². The summed E-state index contributed by atoms with van der Waals surface area (Å²) in [4.78, 5) is 14.7. The van der Waals surface area contributed by atoms with Gasteiger partial charge in [-0.05, 0) is 75.9 Å². The Balaban J connectivity index is 1.99. The third kappa shape index (κ3) is 4.80. The molecule has 0 unspecified atom stereocenters. The Labute approximate surface area is 150 Å². The van der Waals surface area contributed by atoms with Crippen LogP contribution in [0.2, 0.25) is 0 Å². The van der Waals surface area contributed by atoms with Crippen LogP contribution in [0.5, 0.6) is 0 Å². The summed E-state index contributed by atoms with van der Waals surface area (Å²) in [7, 11) is 0. The van der Waals surface area contributed by atoms with Crippen LogP contribution in [-0.4, -0.2) is 29.9 Å². The lowest BCUT2D eigenvalue weighted by molar-refractivity contribution is -0.118. The summed E-state index contributed by atoms with van der Waals surface area (Å²) in [5, 5.41) is 3.04. The van der Waals surface area contributed by atoms with Crippen molar-refractivity contribution in [1.29, 1.82) is 0 Å². The maximum Gasteiger partial charge on any atom is 0.238 e. The average Bonchev–Trinajstić information content (AvgIpc) is 2.49. The summed E-state index contributed by atoms with van der Waals surface area (Å²) in [5.74, 6) is 0.0534. The molecule has 1 aliphatic carbocycles. The zero-order valence-electron chi connectivity index (χ0n) is 13.3. The van der Waals surface area contributed by atoms with Crippen LogP contribution >= 0.6 is 31.9 Å². The van der Waals surface area contributed by atoms with Crippen LogP contribution in [0.4, 0.5) is 5.69 Å². The molecule has 5 heteroatoms. The Morgan fingerprint density at radius 1 is 1.23 bits per heavy atom. The van der Waals surface area contributed by atoms with E-state index in [-0.39, 0.29) is 5.91 Å². The summed E-state index contributed by atoms with van der Waals surface area (Å²) in [6.45, 7) is 5.56. The van der Waals surface area contributed by atoms with Crippen molar-refractivity contribution in [2.45, 2.75) is 52.0 Å². The second kappa shape index (κ2) is 8.46. The van der Waals surface area contributed by atoms with E-state index in [0.29, 0.717) is 12.6 Å². The van der Waals surface area contributed by atoms with E-state index in [2.05, 4.69) is 49.0 Å². The van der Waals surface area contributed by atoms with Gasteiger partial charge in [0.2, 0.25) is 5.91 Å². The highest BCUT2D eigenvalue weighted by molar-refractivity contribution is 9.11. The topological polar surface area (TPSA) is 32.3 Å². The van der Waals surface area contributed by atoms with Crippen LogP contribution in [-0.2, 0) is 4.79 Å². The molecule has 1 saturated carbocycles. The third-order valence-corrected chi connectivity index (χ3v) is 5.55. The van der Waals surface area contributed by atoms with Gasteiger partial charge in [-0.2, -0.15) is 0 Å². The van der Waals surface area contributed by atoms with Gasteiger partial charge >= 0.3 is 0 Å². The van der Waals surface area contributed by atoms with Crippen molar-refractivity contribution in [3.63, 3.8) is 0 Å². The zero-order valence-corrected chi connectivity index (χ0v) is 16.5. The van der Waals surface area contributed by atoms with Crippen LogP contribution in [0.1, 0.15) is 44.6 Å². The van der Waals surface area contributed by atoms with E-state index in [1.807, 2.05) is 19.1 Å². The van der Waals surface area contributed by atoms with Gasteiger partial charge < -0.3 is 5.32 Å². The van der Waals surface area contributed by atoms with Crippen LogP contribution < -0.4 is 5.32 Å². The Hall–Kier alpha value is -0.390. The second-order valence-corrected chi connectivity index (χ2v) is 7.72. The fourth-order valence-corrected chi connectivity index (χ4v) is 4.74. The van der Waals surface area contributed by atoms with Crippen LogP contribution in [0, 0.1) is 6.92 Å². The predicted molar refractivity (Wildman–Crippen MR) is 99.3 cm³/mol. The first-order valence-corrected chi connectivity index (χ1v) is 9.59. The number of hydrogen-bond acceptors (Lipinski definition) is 2. The Morgan fingerprint density at radius 2 is 1.82 bits per heavy atom. The number of amides is 1. The molecule has 0 bridgehead atoms. The van der Waals surface area contributed by atoms with Crippen molar-refractivity contribution >= 4 is 43.5 Å². The first-order chi connectivity index (χ1) is 10.5. The average molecular weight is 432 g/mol. The lowest BCUT2D eigenvalue weighted by Gasteiger charge is -2.33. The number of nitrogens with zero attached hydrogens (tertiary/aromatic N) is 1. The van der Waals surface area contributed by atoms with Crippen LogP contribution in [0.3, 0.4) is 0 Å². The number of carbonyl (C=O) groups excluding carboxylic acids is 1. The van der Waals surface area contributed by atoms with Gasteiger partial charge in [0.1, 0.15) is 0 Å². The summed E-state index contributed by atoms with van der Waals surface area (Å²) >= 11 is 7.06. The summed E-state index contributed by atoms with van der Waals surface area (Å²) in [6, 6.07) is 4.59. The predicted octanol–water partition coefficient (Wildman–Crippen LogP) is 5.11. The van der Waals surface area contributed by atoms with E-state index in [1.165, 1.54) is 32.1 Å². The van der Waals surface area contributed by atoms with Crippen LogP contribution in [0.25, 0.3) is 0 Å². The molecule has 1 fully saturated rings. The van der Waals surface area contributed by atoms with Crippen molar-refractivity contribution < 1.29 is 4.79 Å². The highest BCUT2D eigenvalue weighted by Gasteiger charge is 2.22. The molecule has 1 amide bonds. The molecule has 0 saturated heterocycles. The van der Waals surface area contributed by atoms with E-state index in [1.54, 1.807) is 0 Å². The molecule has 122 valence electrons. The van der Waals surface area contributed by atoms with Crippen molar-refractivity contribution in [2.24, 2.45) is 0 Å². The van der Waals surface area contributed by atoms with Crippen molar-refractivity contribution in [3.05, 3.63) is 26.6 Å². The molecule has 0 spiro atoms. The van der Waals surface area contributed by atoms with E-state index in [0.717, 1.165) is 26.7 Å². The van der Waals surface area contributed by atoms with E-state index < -0.39 is 0 Å². The lowest BCUT2D eigenvalue weighted by atomic mass is 9.94. The van der Waals surface area contributed by atoms with Crippen LogP contribution in [0.15, 0.2) is 21.1 Å². The van der Waals surface area contributed by atoms with E-state index >= 15 is 0 Å². The Morgan fingerprint density at radius 3 is 2.36 bits per heavy atom. The number of carbonyl (C=O) groups is 1. The number of likely N-dealkylation sites (N-methyl/N-ethyl adjacent to an activating group) is 1. The smallest absolute Gasteiger partial charge is 0.238 e. The second-order valence-electron chi connectivity index (χ2n) is 6.01. The molecule has 0 aromatic heterocycles. The van der Waals surface area contributed by atoms with E-state index in [4.69, 9.17) is 0 Å². The summed E-state index contributed by atoms with van der Waals surface area (Å²) in [5.41, 5.74) is 1.96. The van der Waals surface area contributed by atoms with Gasteiger partial charge in [-0.25, -0.2) is 0 Å². The largest absolute Gasteiger partial charge is 0.323 e. The molecule has 2 rings (SSSR count). The normalized spacial score (nSPS) is 16.0. The molecule has 0 aliphatic heterocycles. The molecule has 1 N–H and O–H groups in total. The van der Waals surface area contributed by atoms with Gasteiger partial charge in [0.15, 0.2) is 0 Å². The molecule has 1 aromatic carbocycles. The number of nitrogens with one attached hydrogen (secondary N) is 1. The third-order valence-electron chi connectivity index (χ3n) is 4.29. The molecule has 3 nitrogen and oxygen atoms in total. The number of hydrogen-bond donors (Lipinski definition) is 1. The fourth-order valence-electron chi connectivity index (χ4n) is 3.13. The molecule has 0 atom stereocenters. The highest BCUT2D eigenvalue weighted by atomic mass is 79.9. The minimum Gasteiger partial charge on any atom is -0.323 e. The van der Waals surface area contributed by atoms with Gasteiger partial charge in [-0.15, -0.1) is 0 Å². The molecule has 0 heterocycles. The maximum atomic E-state index is 12.4. The van der Waals surface area contributed by atoms with Gasteiger partial charge in [0.05, 0.1) is 12.2 Å². The number of anilines is 1. The molecule has 22 heavy (non-hydrogen) atoms. The van der Waals surface area contributed by atoms with Gasteiger partial charge in [-0.3, -0.25) is 9.69 Å². The minimum atomic E-state index is 0.0534. The molecule has 1 aromatic rings. The minimum absolute atomic E-state index is 0.0534. The van der Waals surface area contributed by atoms with Gasteiger partial charge in [0.25, 0.3) is 0 Å². The highest BCUT2D eigenvalue weighted by Crippen LogP contribution is 2.32. The Kier molecular flexibility index (Phi) is 6.90. The summed E-state index contributed by atoms with van der Waals surface area (Å²) < 4.78 is 1.82. The summed E-state index contributed by atoms with van der Waals surface area (Å²) in [6.07, 6.45) is 6.36. The Bertz CT molecular complexity index is 504. The van der Waals surface area contributed by atoms with Crippen molar-refractivity contribution in [2.75, 3.05) is 18.4 Å². The van der Waals surface area contributed by atoms with Gasteiger partial charge in [-0.1, -0.05) is 26.2 Å². The number of benzene rings is 1. The fraction of sp³-hybridized carbons (Fsp3) is 0.588.